The van der Waals surface area contributed by atoms with E-state index in [0.29, 0.717) is 17.2 Å². The van der Waals surface area contributed by atoms with E-state index in [-0.39, 0.29) is 35.8 Å². The molecular weight excluding hydrogens is 502 g/mol. The van der Waals surface area contributed by atoms with Gasteiger partial charge >= 0.3 is 0 Å². The van der Waals surface area contributed by atoms with Crippen molar-refractivity contribution in [3.63, 3.8) is 0 Å². The second kappa shape index (κ2) is 9.38. The highest BCUT2D eigenvalue weighted by atomic mass is 16.3. The van der Waals surface area contributed by atoms with Gasteiger partial charge in [0, 0.05) is 24.6 Å². The first-order valence-electron chi connectivity index (χ1n) is 13.5. The zero-order valence-corrected chi connectivity index (χ0v) is 22.8. The Balaban J connectivity index is 1.61. The van der Waals surface area contributed by atoms with Crippen molar-refractivity contribution < 1.29 is 34.8 Å². The third-order valence-corrected chi connectivity index (χ3v) is 9.49. The van der Waals surface area contributed by atoms with Crippen molar-refractivity contribution in [3.8, 4) is 5.75 Å². The number of nitrogens with two attached hydrogens (primary N) is 1. The number of nitrogens with zero attached hydrogens (tertiary/aromatic N) is 2. The third-order valence-electron chi connectivity index (χ3n) is 9.49. The van der Waals surface area contributed by atoms with Crippen molar-refractivity contribution in [2.24, 2.45) is 23.5 Å². The minimum atomic E-state index is -2.63. The summed E-state index contributed by atoms with van der Waals surface area (Å²) < 4.78 is 0. The average molecular weight is 540 g/mol. The van der Waals surface area contributed by atoms with E-state index >= 15 is 0 Å². The molecule has 6 N–H and O–H groups in total. The van der Waals surface area contributed by atoms with E-state index in [1.54, 1.807) is 14.1 Å². The van der Waals surface area contributed by atoms with Crippen LogP contribution in [0.2, 0.25) is 0 Å². The number of fused-ring (bicyclic) bond motifs is 3. The molecule has 2 saturated carbocycles. The Morgan fingerprint density at radius 1 is 1.05 bits per heavy atom. The molecule has 0 aromatic heterocycles. The maximum atomic E-state index is 14.0. The number of carbonyl (C=O) groups excluding carboxylic acids is 3. The van der Waals surface area contributed by atoms with Crippen LogP contribution in [0.25, 0.3) is 5.76 Å². The molecule has 1 aromatic carbocycles. The molecule has 0 unspecified atom stereocenters. The van der Waals surface area contributed by atoms with Gasteiger partial charge in [0.15, 0.2) is 11.4 Å². The van der Waals surface area contributed by atoms with Gasteiger partial charge in [0.1, 0.15) is 22.8 Å². The molecule has 39 heavy (non-hydrogen) atoms. The summed E-state index contributed by atoms with van der Waals surface area (Å²) >= 11 is 0. The molecule has 5 rings (SSSR count). The minimum Gasteiger partial charge on any atom is -0.508 e. The Bertz CT molecular complexity index is 1320. The van der Waals surface area contributed by atoms with Crippen LogP contribution < -0.4 is 10.6 Å². The SMILES string of the molecule is CC1CCC(N(C)c2ccc3c(c2O)C(O)=C2C(=O)[C@]4(O)C(O)=C(C(N)=O)C(=O)[C@@H](N(C)C)[C@@H]4C[C@@H]2C3)CC1. The molecule has 0 bridgehead atoms. The predicted molar refractivity (Wildman–Crippen MR) is 144 cm³/mol. The number of aliphatic hydroxyl groups is 3. The minimum absolute atomic E-state index is 0.0778. The molecule has 0 spiro atoms. The number of benzene rings is 1. The van der Waals surface area contributed by atoms with Gasteiger partial charge < -0.3 is 31.1 Å². The summed E-state index contributed by atoms with van der Waals surface area (Å²) in [6.07, 6.45) is 4.51. The molecule has 0 saturated heterocycles. The maximum Gasteiger partial charge on any atom is 0.255 e. The number of hydrogen-bond donors (Lipinski definition) is 5. The van der Waals surface area contributed by atoms with E-state index in [0.717, 1.165) is 25.7 Å². The molecule has 4 aliphatic rings. The van der Waals surface area contributed by atoms with E-state index in [1.807, 2.05) is 24.1 Å². The molecule has 0 radical (unpaired) electrons. The zero-order valence-electron chi connectivity index (χ0n) is 22.8. The van der Waals surface area contributed by atoms with Crippen molar-refractivity contribution in [2.75, 3.05) is 26.0 Å². The molecule has 10 nitrogen and oxygen atoms in total. The van der Waals surface area contributed by atoms with Crippen LogP contribution in [0.1, 0.15) is 50.2 Å². The molecule has 1 aromatic rings. The smallest absolute Gasteiger partial charge is 0.255 e. The van der Waals surface area contributed by atoms with Crippen molar-refractivity contribution in [3.05, 3.63) is 40.2 Å². The van der Waals surface area contributed by atoms with Crippen LogP contribution in [0.3, 0.4) is 0 Å². The lowest BCUT2D eigenvalue weighted by Crippen LogP contribution is -2.65. The quantitative estimate of drug-likeness (QED) is 0.360. The fourth-order valence-electron chi connectivity index (χ4n) is 7.32. The summed E-state index contributed by atoms with van der Waals surface area (Å²) in [6, 6.07) is 2.80. The number of likely N-dealkylation sites (N-methyl/N-ethyl adjacent to an activating group) is 1. The van der Waals surface area contributed by atoms with Gasteiger partial charge in [0.05, 0.1) is 17.3 Å². The fraction of sp³-hybridized carbons (Fsp3) is 0.552. The molecule has 210 valence electrons. The van der Waals surface area contributed by atoms with Gasteiger partial charge in [-0.25, -0.2) is 0 Å². The van der Waals surface area contributed by atoms with E-state index in [9.17, 15) is 34.8 Å². The predicted octanol–water partition coefficient (Wildman–Crippen LogP) is 1.98. The highest BCUT2D eigenvalue weighted by molar-refractivity contribution is 6.24. The molecule has 2 fully saturated rings. The molecule has 4 atom stereocenters. The second-order valence-corrected chi connectivity index (χ2v) is 12.0. The highest BCUT2D eigenvalue weighted by Crippen LogP contribution is 2.53. The number of amides is 1. The zero-order chi connectivity index (χ0) is 28.5. The van der Waals surface area contributed by atoms with E-state index in [1.165, 1.54) is 4.90 Å². The van der Waals surface area contributed by atoms with E-state index in [2.05, 4.69) is 6.92 Å². The molecule has 0 aliphatic heterocycles. The van der Waals surface area contributed by atoms with Gasteiger partial charge in [0.25, 0.3) is 5.91 Å². The lowest BCUT2D eigenvalue weighted by molar-refractivity contribution is -0.153. The lowest BCUT2D eigenvalue weighted by Gasteiger charge is -2.50. The standard InChI is InChI=1S/C29H37N3O7/c1-13-5-8-16(9-6-13)32(4)18-10-7-14-11-15-12-17-22(31(2)3)25(35)21(28(30)38)27(37)29(17,39)26(36)20(15)24(34)19(14)23(18)33/h7,10,13,15-17,22,33-34,37,39H,5-6,8-9,11-12H2,1-4H3,(H2,30,38)/t13?,15-,16?,17-,22-,29-/m0/s1. The monoisotopic (exact) mass is 539 g/mol. The molecule has 4 aliphatic carbocycles. The molecular formula is C29H37N3O7. The lowest BCUT2D eigenvalue weighted by atomic mass is 9.57. The summed E-state index contributed by atoms with van der Waals surface area (Å²) in [6.45, 7) is 2.23. The highest BCUT2D eigenvalue weighted by Gasteiger charge is 2.64. The third kappa shape index (κ3) is 3.87. The van der Waals surface area contributed by atoms with Crippen molar-refractivity contribution >= 4 is 28.9 Å². The summed E-state index contributed by atoms with van der Waals surface area (Å²) in [5, 5.41) is 45.5. The second-order valence-electron chi connectivity index (χ2n) is 12.0. The summed E-state index contributed by atoms with van der Waals surface area (Å²) in [4.78, 5) is 42.7. The van der Waals surface area contributed by atoms with Gasteiger partial charge in [-0.1, -0.05) is 13.0 Å². The molecule has 1 amide bonds. The van der Waals surface area contributed by atoms with Crippen molar-refractivity contribution in [2.45, 2.75) is 63.1 Å². The number of primary amides is 1. The molecule has 0 heterocycles. The van der Waals surface area contributed by atoms with Crippen LogP contribution in [0, 0.1) is 17.8 Å². The first-order chi connectivity index (χ1) is 18.3. The van der Waals surface area contributed by atoms with Crippen LogP contribution in [-0.4, -0.2) is 81.6 Å². The van der Waals surface area contributed by atoms with Gasteiger partial charge in [-0.15, -0.1) is 0 Å². The van der Waals surface area contributed by atoms with Gasteiger partial charge in [-0.05, 0) is 76.1 Å². The largest absolute Gasteiger partial charge is 0.508 e. The summed E-state index contributed by atoms with van der Waals surface area (Å²) in [5.74, 6) is -5.70. The summed E-state index contributed by atoms with van der Waals surface area (Å²) in [5.41, 5.74) is 3.10. The number of aliphatic hydroxyl groups excluding tert-OH is 2. The molecule has 10 heteroatoms. The Hall–Kier alpha value is -3.37. The normalized spacial score (nSPS) is 32.6. The van der Waals surface area contributed by atoms with Gasteiger partial charge in [-0.3, -0.25) is 19.3 Å². The van der Waals surface area contributed by atoms with Crippen LogP contribution >= 0.6 is 0 Å². The number of anilines is 1. The van der Waals surface area contributed by atoms with Gasteiger partial charge in [0.2, 0.25) is 5.78 Å². The van der Waals surface area contributed by atoms with Crippen LogP contribution in [0.15, 0.2) is 29.0 Å². The van der Waals surface area contributed by atoms with E-state index in [4.69, 9.17) is 5.73 Å². The number of rotatable bonds is 4. The first kappa shape index (κ1) is 27.2. The van der Waals surface area contributed by atoms with Crippen molar-refractivity contribution in [1.82, 2.24) is 4.90 Å². The topological polar surface area (TPSA) is 165 Å². The van der Waals surface area contributed by atoms with Crippen LogP contribution in [0.4, 0.5) is 5.69 Å². The Labute approximate surface area is 227 Å². The Morgan fingerprint density at radius 2 is 1.69 bits per heavy atom. The summed E-state index contributed by atoms with van der Waals surface area (Å²) in [7, 11) is 5.07. The number of aromatic hydroxyl groups is 1. The van der Waals surface area contributed by atoms with Crippen LogP contribution in [0.5, 0.6) is 5.75 Å². The average Bonchev–Trinajstić information content (AvgIpc) is 2.86. The number of ketones is 2. The fourth-order valence-corrected chi connectivity index (χ4v) is 7.32. The Morgan fingerprint density at radius 3 is 2.28 bits per heavy atom. The van der Waals surface area contributed by atoms with E-state index < -0.39 is 58.0 Å². The van der Waals surface area contributed by atoms with Crippen molar-refractivity contribution in [1.29, 1.82) is 0 Å². The number of phenolic OH excluding ortho intramolecular Hbond substituents is 1. The number of carbonyl (C=O) groups is 3. The number of hydrogen-bond acceptors (Lipinski definition) is 9. The maximum absolute atomic E-state index is 14.0. The first-order valence-corrected chi connectivity index (χ1v) is 13.5. The number of phenols is 1. The Kier molecular flexibility index (Phi) is 6.54. The van der Waals surface area contributed by atoms with Gasteiger partial charge in [-0.2, -0.15) is 0 Å². The number of Topliss-reactive ketones (excluding diaryl/α,β-unsaturated/α-hetero) is 2. The van der Waals surface area contributed by atoms with Crippen LogP contribution in [-0.2, 0) is 20.8 Å².